The van der Waals surface area contributed by atoms with Crippen molar-refractivity contribution in [2.24, 2.45) is 0 Å². The first-order valence-electron chi connectivity index (χ1n) is 7.48. The Bertz CT molecular complexity index is 1220. The minimum Gasteiger partial charge on any atom is -0.397 e. The molecule has 8 nitrogen and oxygen atoms in total. The Kier molecular flexibility index (Phi) is 2.64. The molecule has 0 spiro atoms. The summed E-state index contributed by atoms with van der Waals surface area (Å²) in [5.41, 5.74) is 4.70. The first-order chi connectivity index (χ1) is 12.2. The van der Waals surface area contributed by atoms with Gasteiger partial charge in [-0.05, 0) is 30.3 Å². The lowest BCUT2D eigenvalue weighted by Gasteiger charge is -2.01. The van der Waals surface area contributed by atoms with Crippen molar-refractivity contribution in [3.05, 3.63) is 58.6 Å². The molecule has 0 aliphatic carbocycles. The van der Waals surface area contributed by atoms with Crippen LogP contribution in [0.3, 0.4) is 0 Å². The molecule has 0 radical (unpaired) electrons. The van der Waals surface area contributed by atoms with Crippen LogP contribution in [0.1, 0.15) is 0 Å². The lowest BCUT2D eigenvalue weighted by atomic mass is 10.2. The molecule has 0 saturated heterocycles. The first-order valence-corrected chi connectivity index (χ1v) is 7.48. The maximum Gasteiger partial charge on any atom is 0.433 e. The van der Waals surface area contributed by atoms with Gasteiger partial charge in [0.2, 0.25) is 0 Å². The molecule has 3 heterocycles. The normalized spacial score (nSPS) is 11.5. The van der Waals surface area contributed by atoms with Gasteiger partial charge >= 0.3 is 5.88 Å². The van der Waals surface area contributed by atoms with Crippen LogP contribution in [0, 0.1) is 10.1 Å². The Hall–Kier alpha value is -3.81. The van der Waals surface area contributed by atoms with Crippen LogP contribution in [0.4, 0.5) is 5.88 Å². The van der Waals surface area contributed by atoms with E-state index in [2.05, 4.69) is 19.9 Å². The minimum absolute atomic E-state index is 0.258. The van der Waals surface area contributed by atoms with Gasteiger partial charge in [-0.15, -0.1) is 0 Å². The van der Waals surface area contributed by atoms with Gasteiger partial charge in [-0.25, -0.2) is 15.0 Å². The predicted molar refractivity (Wildman–Crippen MR) is 91.1 cm³/mol. The monoisotopic (exact) mass is 331 g/mol. The summed E-state index contributed by atoms with van der Waals surface area (Å²) in [6, 6.07) is 14.2. The molecule has 1 N–H and O–H groups in total. The van der Waals surface area contributed by atoms with Crippen LogP contribution in [0.5, 0.6) is 0 Å². The van der Waals surface area contributed by atoms with E-state index < -0.39 is 4.92 Å². The number of nitro groups is 1. The summed E-state index contributed by atoms with van der Waals surface area (Å²) in [5.74, 6) is 0.229. The van der Waals surface area contributed by atoms with Gasteiger partial charge in [0.15, 0.2) is 11.6 Å². The number of para-hydroxylation sites is 2. The molecule has 5 rings (SSSR count). The van der Waals surface area contributed by atoms with Gasteiger partial charge in [0, 0.05) is 0 Å². The van der Waals surface area contributed by atoms with Crippen molar-refractivity contribution in [1.29, 1.82) is 0 Å². The number of imidazole rings is 1. The molecule has 3 aromatic heterocycles. The SMILES string of the molecule is O=[N+]([O-])c1ccc(-c2nc3cc4nc5ccccc5[nH]c4cc3n2)o1. The lowest BCUT2D eigenvalue weighted by Crippen LogP contribution is -1.87. The van der Waals surface area contributed by atoms with Gasteiger partial charge in [0.1, 0.15) is 4.92 Å². The zero-order chi connectivity index (χ0) is 17.0. The number of rotatable bonds is 2. The van der Waals surface area contributed by atoms with Crippen LogP contribution >= 0.6 is 0 Å². The number of benzene rings is 2. The highest BCUT2D eigenvalue weighted by Crippen LogP contribution is 2.27. The smallest absolute Gasteiger partial charge is 0.397 e. The number of nitrogens with zero attached hydrogens (tertiary/aromatic N) is 4. The summed E-state index contributed by atoms with van der Waals surface area (Å²) in [6.07, 6.45) is 0. The summed E-state index contributed by atoms with van der Waals surface area (Å²) in [6.45, 7) is 0. The van der Waals surface area contributed by atoms with Gasteiger partial charge in [-0.3, -0.25) is 10.1 Å². The number of nitrogens with one attached hydrogen (secondary N) is 1. The fraction of sp³-hybridized carbons (Fsp3) is 0. The molecule has 0 amide bonds. The Labute approximate surface area is 139 Å². The van der Waals surface area contributed by atoms with E-state index in [0.29, 0.717) is 16.9 Å². The molecule has 2 aromatic carbocycles. The fourth-order valence-corrected chi connectivity index (χ4v) is 2.80. The van der Waals surface area contributed by atoms with E-state index in [1.807, 2.05) is 36.4 Å². The fourth-order valence-electron chi connectivity index (χ4n) is 2.80. The van der Waals surface area contributed by atoms with Crippen LogP contribution in [0.2, 0.25) is 0 Å². The number of furan rings is 1. The Morgan fingerprint density at radius 3 is 2.48 bits per heavy atom. The molecule has 25 heavy (non-hydrogen) atoms. The maximum absolute atomic E-state index is 10.7. The van der Waals surface area contributed by atoms with E-state index in [4.69, 9.17) is 4.42 Å². The molecule has 0 aliphatic heterocycles. The van der Waals surface area contributed by atoms with E-state index in [0.717, 1.165) is 22.1 Å². The molecule has 0 saturated carbocycles. The van der Waals surface area contributed by atoms with Crippen molar-refractivity contribution in [2.75, 3.05) is 0 Å². The van der Waals surface area contributed by atoms with Gasteiger partial charge < -0.3 is 9.40 Å². The molecule has 0 unspecified atom stereocenters. The van der Waals surface area contributed by atoms with Crippen LogP contribution in [0.15, 0.2) is 52.9 Å². The van der Waals surface area contributed by atoms with Gasteiger partial charge in [0.05, 0.1) is 39.2 Å². The van der Waals surface area contributed by atoms with Gasteiger partial charge in [-0.2, -0.15) is 0 Å². The second kappa shape index (κ2) is 4.84. The third-order valence-electron chi connectivity index (χ3n) is 3.95. The highest BCUT2D eigenvalue weighted by molar-refractivity contribution is 5.95. The number of aromatic amines is 1. The van der Waals surface area contributed by atoms with Crippen LogP contribution < -0.4 is 0 Å². The molecule has 0 fully saturated rings. The summed E-state index contributed by atoms with van der Waals surface area (Å²) >= 11 is 0. The zero-order valence-electron chi connectivity index (χ0n) is 12.6. The van der Waals surface area contributed by atoms with E-state index in [1.165, 1.54) is 12.1 Å². The third kappa shape index (κ3) is 2.12. The Morgan fingerprint density at radius 1 is 0.880 bits per heavy atom. The summed E-state index contributed by atoms with van der Waals surface area (Å²) < 4.78 is 5.17. The zero-order valence-corrected chi connectivity index (χ0v) is 12.6. The number of H-pyrrole nitrogens is 1. The molecule has 120 valence electrons. The molecule has 0 bridgehead atoms. The highest BCUT2D eigenvalue weighted by atomic mass is 16.6. The molecular weight excluding hydrogens is 322 g/mol. The molecule has 0 atom stereocenters. The quantitative estimate of drug-likeness (QED) is 0.299. The second-order valence-electron chi connectivity index (χ2n) is 5.55. The van der Waals surface area contributed by atoms with Crippen molar-refractivity contribution >= 4 is 39.0 Å². The number of fused-ring (bicyclic) bond motifs is 3. The van der Waals surface area contributed by atoms with Crippen molar-refractivity contribution < 1.29 is 9.34 Å². The predicted octanol–water partition coefficient (Wildman–Crippen LogP) is 3.83. The highest BCUT2D eigenvalue weighted by Gasteiger charge is 2.17. The van der Waals surface area contributed by atoms with Crippen LogP contribution in [-0.2, 0) is 0 Å². The standard InChI is InChI=1S/C17H9N5O3/c23-22(24)16-6-5-15(25-16)17-20-13-7-11-12(8-14(13)21-17)19-10-4-2-1-3-9(10)18-11/h1-8,18H. The Balaban J connectivity index is 1.71. The van der Waals surface area contributed by atoms with Crippen molar-refractivity contribution in [2.45, 2.75) is 0 Å². The summed E-state index contributed by atoms with van der Waals surface area (Å²) in [5, 5.41) is 10.7. The topological polar surface area (TPSA) is 111 Å². The average Bonchev–Trinajstić information content (AvgIpc) is 3.24. The summed E-state index contributed by atoms with van der Waals surface area (Å²) in [4.78, 5) is 26.9. The second-order valence-corrected chi connectivity index (χ2v) is 5.55. The van der Waals surface area contributed by atoms with Crippen molar-refractivity contribution in [3.8, 4) is 11.6 Å². The van der Waals surface area contributed by atoms with Gasteiger partial charge in [0.25, 0.3) is 0 Å². The molecule has 5 aromatic rings. The maximum atomic E-state index is 10.7. The Morgan fingerprint density at radius 2 is 1.68 bits per heavy atom. The molecule has 8 heteroatoms. The van der Waals surface area contributed by atoms with Crippen LogP contribution in [0.25, 0.3) is 44.7 Å². The average molecular weight is 331 g/mol. The number of aromatic nitrogens is 4. The largest absolute Gasteiger partial charge is 0.433 e. The van der Waals surface area contributed by atoms with Crippen molar-refractivity contribution in [1.82, 2.24) is 19.9 Å². The summed E-state index contributed by atoms with van der Waals surface area (Å²) in [7, 11) is 0. The van der Waals surface area contributed by atoms with E-state index in [9.17, 15) is 10.1 Å². The number of hydrogen-bond acceptors (Lipinski definition) is 6. The molecule has 0 aliphatic rings. The van der Waals surface area contributed by atoms with Crippen molar-refractivity contribution in [3.63, 3.8) is 0 Å². The van der Waals surface area contributed by atoms with E-state index in [-0.39, 0.29) is 11.6 Å². The minimum atomic E-state index is -0.592. The van der Waals surface area contributed by atoms with Crippen LogP contribution in [-0.4, -0.2) is 24.9 Å². The third-order valence-corrected chi connectivity index (χ3v) is 3.95. The lowest BCUT2D eigenvalue weighted by molar-refractivity contribution is -0.401. The molecular formula is C17H9N5O3. The number of hydrogen-bond donors (Lipinski definition) is 1. The van der Waals surface area contributed by atoms with E-state index in [1.54, 1.807) is 0 Å². The first kappa shape index (κ1) is 13.6. The van der Waals surface area contributed by atoms with Gasteiger partial charge in [-0.1, -0.05) is 12.1 Å². The van der Waals surface area contributed by atoms with E-state index >= 15 is 0 Å².